The Labute approximate surface area is 327 Å². The molecule has 0 atom stereocenters. The van der Waals surface area contributed by atoms with Gasteiger partial charge in [0.2, 0.25) is 0 Å². The summed E-state index contributed by atoms with van der Waals surface area (Å²) < 4.78 is 5.28. The average Bonchev–Trinajstić information content (AvgIpc) is 3.82. The van der Waals surface area contributed by atoms with Crippen LogP contribution in [0.4, 0.5) is 17.1 Å². The molecule has 3 heteroatoms. The standard InChI is InChI=1S/C52H33NS2/c1-2-17-42-34(11-1)12-9-20-43(42)38-15-7-13-36(31-38)37-14-8-16-40(32-37)53(41-29-30-51-48(33-41)46-19-4-5-23-49(46)54-51)39-27-25-35(26-28-39)44-21-10-22-47-45-18-3-6-24-50(45)55-52(44)47/h1-33H. The molecule has 11 aromatic rings. The number of rotatable bonds is 6. The molecule has 0 fully saturated rings. The lowest BCUT2D eigenvalue weighted by Crippen LogP contribution is -2.10. The van der Waals surface area contributed by atoms with Gasteiger partial charge >= 0.3 is 0 Å². The second-order valence-electron chi connectivity index (χ2n) is 14.1. The first-order valence-corrected chi connectivity index (χ1v) is 20.3. The molecule has 2 heterocycles. The van der Waals surface area contributed by atoms with Crippen LogP contribution in [0.25, 0.3) is 84.5 Å². The molecule has 0 radical (unpaired) electrons. The minimum absolute atomic E-state index is 1.12. The lowest BCUT2D eigenvalue weighted by Gasteiger charge is -2.26. The fraction of sp³-hybridized carbons (Fsp3) is 0. The van der Waals surface area contributed by atoms with Crippen molar-refractivity contribution in [3.63, 3.8) is 0 Å². The summed E-state index contributed by atoms with van der Waals surface area (Å²) in [5.74, 6) is 0. The van der Waals surface area contributed by atoms with E-state index < -0.39 is 0 Å². The Morgan fingerprint density at radius 2 is 0.855 bits per heavy atom. The molecule has 0 amide bonds. The second-order valence-corrected chi connectivity index (χ2v) is 16.2. The highest BCUT2D eigenvalue weighted by Crippen LogP contribution is 2.44. The summed E-state index contributed by atoms with van der Waals surface area (Å²) in [6.45, 7) is 0. The SMILES string of the molecule is c1cc(-c2cccc(N(c3ccc(-c4cccc5c4sc4ccccc45)cc3)c3ccc4sc5ccccc5c4c3)c2)cc(-c2cccc3ccccc23)c1. The summed E-state index contributed by atoms with van der Waals surface area (Å²) in [4.78, 5) is 2.41. The van der Waals surface area contributed by atoms with Crippen LogP contribution in [-0.4, -0.2) is 0 Å². The number of fused-ring (bicyclic) bond motifs is 7. The molecule has 0 saturated carbocycles. The summed E-state index contributed by atoms with van der Waals surface area (Å²) in [5.41, 5.74) is 10.7. The van der Waals surface area contributed by atoms with E-state index in [0.717, 1.165) is 17.1 Å². The zero-order valence-corrected chi connectivity index (χ0v) is 31.4. The quantitative estimate of drug-likeness (QED) is 0.164. The molecule has 2 aromatic heterocycles. The van der Waals surface area contributed by atoms with E-state index in [1.807, 2.05) is 22.7 Å². The number of hydrogen-bond acceptors (Lipinski definition) is 3. The highest BCUT2D eigenvalue weighted by Gasteiger charge is 2.17. The van der Waals surface area contributed by atoms with Gasteiger partial charge in [-0.25, -0.2) is 0 Å². The Bertz CT molecular complexity index is 3220. The van der Waals surface area contributed by atoms with Gasteiger partial charge in [-0.2, -0.15) is 0 Å². The van der Waals surface area contributed by atoms with Gasteiger partial charge in [0.15, 0.2) is 0 Å². The monoisotopic (exact) mass is 735 g/mol. The van der Waals surface area contributed by atoms with E-state index in [0.29, 0.717) is 0 Å². The van der Waals surface area contributed by atoms with Gasteiger partial charge in [-0.3, -0.25) is 0 Å². The van der Waals surface area contributed by atoms with Crippen LogP contribution in [0.15, 0.2) is 200 Å². The number of nitrogens with zero attached hydrogens (tertiary/aromatic N) is 1. The molecule has 11 rings (SSSR count). The summed E-state index contributed by atoms with van der Waals surface area (Å²) in [6.07, 6.45) is 0. The van der Waals surface area contributed by atoms with Gasteiger partial charge in [-0.1, -0.05) is 140 Å². The summed E-state index contributed by atoms with van der Waals surface area (Å²) in [5, 5.41) is 7.76. The fourth-order valence-corrected chi connectivity index (χ4v) is 10.6. The van der Waals surface area contributed by atoms with E-state index in [-0.39, 0.29) is 0 Å². The number of thiophene rings is 2. The molecule has 1 nitrogen and oxygen atoms in total. The van der Waals surface area contributed by atoms with Crippen molar-refractivity contribution in [2.45, 2.75) is 0 Å². The first-order chi connectivity index (χ1) is 27.2. The van der Waals surface area contributed by atoms with Crippen LogP contribution in [0.2, 0.25) is 0 Å². The van der Waals surface area contributed by atoms with Gasteiger partial charge < -0.3 is 4.90 Å². The van der Waals surface area contributed by atoms with Crippen molar-refractivity contribution in [2.24, 2.45) is 0 Å². The Morgan fingerprint density at radius 3 is 1.71 bits per heavy atom. The third-order valence-corrected chi connectivity index (χ3v) is 13.2. The van der Waals surface area contributed by atoms with E-state index >= 15 is 0 Å². The van der Waals surface area contributed by atoms with Crippen molar-refractivity contribution in [1.29, 1.82) is 0 Å². The molecule has 0 spiro atoms. The van der Waals surface area contributed by atoms with Crippen LogP contribution in [0.3, 0.4) is 0 Å². The molecule has 55 heavy (non-hydrogen) atoms. The van der Waals surface area contributed by atoms with Crippen molar-refractivity contribution in [3.8, 4) is 33.4 Å². The first-order valence-electron chi connectivity index (χ1n) is 18.7. The molecular formula is C52H33NS2. The zero-order valence-electron chi connectivity index (χ0n) is 29.8. The predicted molar refractivity (Wildman–Crippen MR) is 241 cm³/mol. The third-order valence-electron chi connectivity index (χ3n) is 10.9. The smallest absolute Gasteiger partial charge is 0.0468 e. The lowest BCUT2D eigenvalue weighted by molar-refractivity contribution is 1.29. The molecule has 0 unspecified atom stereocenters. The van der Waals surface area contributed by atoms with Crippen LogP contribution < -0.4 is 4.90 Å². The van der Waals surface area contributed by atoms with E-state index in [1.54, 1.807) is 0 Å². The van der Waals surface area contributed by atoms with E-state index in [4.69, 9.17) is 0 Å². The molecule has 0 aliphatic rings. The van der Waals surface area contributed by atoms with E-state index in [1.165, 1.54) is 84.5 Å². The van der Waals surface area contributed by atoms with Crippen molar-refractivity contribution in [3.05, 3.63) is 200 Å². The molecular weight excluding hydrogens is 703 g/mol. The topological polar surface area (TPSA) is 3.24 Å². The van der Waals surface area contributed by atoms with Crippen LogP contribution in [-0.2, 0) is 0 Å². The van der Waals surface area contributed by atoms with Gasteiger partial charge in [-0.15, -0.1) is 22.7 Å². The van der Waals surface area contributed by atoms with Gasteiger partial charge in [0.25, 0.3) is 0 Å². The van der Waals surface area contributed by atoms with Gasteiger partial charge in [0.1, 0.15) is 0 Å². The summed E-state index contributed by atoms with van der Waals surface area (Å²) in [6, 6.07) is 73.4. The highest BCUT2D eigenvalue weighted by molar-refractivity contribution is 7.26. The maximum atomic E-state index is 2.41. The molecule has 0 saturated heterocycles. The average molecular weight is 736 g/mol. The zero-order chi connectivity index (χ0) is 36.3. The normalized spacial score (nSPS) is 11.6. The Balaban J connectivity index is 1.04. The summed E-state index contributed by atoms with van der Waals surface area (Å²) >= 11 is 3.74. The molecule has 0 bridgehead atoms. The number of hydrogen-bond donors (Lipinski definition) is 0. The minimum atomic E-state index is 1.12. The molecule has 9 aromatic carbocycles. The number of anilines is 3. The van der Waals surface area contributed by atoms with Crippen LogP contribution in [0.1, 0.15) is 0 Å². The Morgan fingerprint density at radius 1 is 0.291 bits per heavy atom. The van der Waals surface area contributed by atoms with Crippen molar-refractivity contribution < 1.29 is 0 Å². The lowest BCUT2D eigenvalue weighted by atomic mass is 9.95. The van der Waals surface area contributed by atoms with Gasteiger partial charge in [0.05, 0.1) is 0 Å². The molecule has 0 aliphatic carbocycles. The summed E-state index contributed by atoms with van der Waals surface area (Å²) in [7, 11) is 0. The van der Waals surface area contributed by atoms with Gasteiger partial charge in [-0.05, 0) is 105 Å². The molecule has 258 valence electrons. The van der Waals surface area contributed by atoms with E-state index in [2.05, 4.69) is 205 Å². The largest absolute Gasteiger partial charge is 0.310 e. The minimum Gasteiger partial charge on any atom is -0.310 e. The van der Waals surface area contributed by atoms with Crippen molar-refractivity contribution in [1.82, 2.24) is 0 Å². The van der Waals surface area contributed by atoms with E-state index in [9.17, 15) is 0 Å². The fourth-order valence-electron chi connectivity index (χ4n) is 8.23. The van der Waals surface area contributed by atoms with Gasteiger partial charge in [0, 0.05) is 57.4 Å². The molecule has 0 aliphatic heterocycles. The van der Waals surface area contributed by atoms with Crippen LogP contribution in [0.5, 0.6) is 0 Å². The molecule has 0 N–H and O–H groups in total. The third kappa shape index (κ3) is 5.51. The van der Waals surface area contributed by atoms with Crippen molar-refractivity contribution in [2.75, 3.05) is 4.90 Å². The number of benzene rings is 9. The van der Waals surface area contributed by atoms with Crippen molar-refractivity contribution >= 4 is 90.9 Å². The predicted octanol–water partition coefficient (Wildman–Crippen LogP) is 16.0. The maximum absolute atomic E-state index is 2.41. The first kappa shape index (κ1) is 32.0. The Hall–Kier alpha value is -6.52. The maximum Gasteiger partial charge on any atom is 0.0468 e. The highest BCUT2D eigenvalue weighted by atomic mass is 32.1. The van der Waals surface area contributed by atoms with Crippen LogP contribution in [0, 0.1) is 0 Å². The van der Waals surface area contributed by atoms with Crippen LogP contribution >= 0.6 is 22.7 Å². The second kappa shape index (κ2) is 13.1. The Kier molecular flexibility index (Phi) is 7.61.